The Morgan fingerprint density at radius 3 is 2.24 bits per heavy atom. The number of anilines is 2. The zero-order valence-corrected chi connectivity index (χ0v) is 11.0. The standard InChI is InChI=1S/C12H8F4N2O2S/c13-6-1-2-7(14)10(5-6)21(19,20)18-12-9(17)4-3-8(15)11(12)16/h1-5,18H,17H2. The molecule has 0 unspecified atom stereocenters. The summed E-state index contributed by atoms with van der Waals surface area (Å²) in [5, 5.41) is 0. The van der Waals surface area contributed by atoms with Crippen LogP contribution in [0.4, 0.5) is 28.9 Å². The van der Waals surface area contributed by atoms with Crippen molar-refractivity contribution in [2.45, 2.75) is 4.90 Å². The van der Waals surface area contributed by atoms with Crippen molar-refractivity contribution in [3.63, 3.8) is 0 Å². The maximum absolute atomic E-state index is 13.5. The van der Waals surface area contributed by atoms with E-state index in [4.69, 9.17) is 5.73 Å². The smallest absolute Gasteiger partial charge is 0.265 e. The van der Waals surface area contributed by atoms with E-state index in [2.05, 4.69) is 0 Å². The second-order valence-corrected chi connectivity index (χ2v) is 5.66. The van der Waals surface area contributed by atoms with Gasteiger partial charge in [0.1, 0.15) is 22.2 Å². The van der Waals surface area contributed by atoms with Gasteiger partial charge in [-0.2, -0.15) is 0 Å². The first kappa shape index (κ1) is 15.1. The molecule has 3 N–H and O–H groups in total. The van der Waals surface area contributed by atoms with Crippen molar-refractivity contribution in [1.29, 1.82) is 0 Å². The Bertz CT molecular complexity index is 809. The molecule has 112 valence electrons. The Morgan fingerprint density at radius 1 is 0.952 bits per heavy atom. The van der Waals surface area contributed by atoms with Crippen LogP contribution in [0, 0.1) is 23.3 Å². The van der Waals surface area contributed by atoms with Gasteiger partial charge in [0.15, 0.2) is 11.6 Å². The molecule has 0 amide bonds. The predicted molar refractivity (Wildman–Crippen MR) is 67.9 cm³/mol. The molecule has 2 rings (SSSR count). The van der Waals surface area contributed by atoms with Gasteiger partial charge < -0.3 is 5.73 Å². The van der Waals surface area contributed by atoms with Gasteiger partial charge in [0.2, 0.25) is 0 Å². The summed E-state index contributed by atoms with van der Waals surface area (Å²) in [6.45, 7) is 0. The van der Waals surface area contributed by atoms with Gasteiger partial charge in [0.05, 0.1) is 5.69 Å². The van der Waals surface area contributed by atoms with Crippen LogP contribution >= 0.6 is 0 Å². The third-order valence-corrected chi connectivity index (χ3v) is 3.91. The van der Waals surface area contributed by atoms with Crippen LogP contribution in [0.25, 0.3) is 0 Å². The lowest BCUT2D eigenvalue weighted by atomic mass is 10.2. The van der Waals surface area contributed by atoms with E-state index in [0.29, 0.717) is 24.3 Å². The topological polar surface area (TPSA) is 72.2 Å². The maximum atomic E-state index is 13.5. The Balaban J connectivity index is 2.53. The molecule has 4 nitrogen and oxygen atoms in total. The summed E-state index contributed by atoms with van der Waals surface area (Å²) in [7, 11) is -4.68. The minimum absolute atomic E-state index is 0.408. The molecule has 0 radical (unpaired) electrons. The predicted octanol–water partition coefficient (Wildman–Crippen LogP) is 2.63. The van der Waals surface area contributed by atoms with Gasteiger partial charge in [-0.15, -0.1) is 0 Å². The molecule has 0 heterocycles. The third kappa shape index (κ3) is 2.92. The number of hydrogen-bond acceptors (Lipinski definition) is 3. The Kier molecular flexibility index (Phi) is 3.77. The molecule has 0 saturated heterocycles. The summed E-state index contributed by atoms with van der Waals surface area (Å²) in [5.74, 6) is -5.15. The average molecular weight is 320 g/mol. The fraction of sp³-hybridized carbons (Fsp3) is 0. The van der Waals surface area contributed by atoms with Crippen molar-refractivity contribution < 1.29 is 26.0 Å². The molecule has 9 heteroatoms. The number of nitrogens with one attached hydrogen (secondary N) is 1. The van der Waals surface area contributed by atoms with Crippen LogP contribution in [-0.2, 0) is 10.0 Å². The summed E-state index contributed by atoms with van der Waals surface area (Å²) in [5.41, 5.74) is 4.06. The molecule has 2 aromatic carbocycles. The molecule has 0 saturated carbocycles. The molecule has 0 atom stereocenters. The number of halogens is 4. The van der Waals surface area contributed by atoms with Gasteiger partial charge >= 0.3 is 0 Å². The van der Waals surface area contributed by atoms with Gasteiger partial charge in [-0.1, -0.05) is 0 Å². The molecular formula is C12H8F4N2O2S. The monoisotopic (exact) mass is 320 g/mol. The van der Waals surface area contributed by atoms with E-state index in [9.17, 15) is 26.0 Å². The minimum Gasteiger partial charge on any atom is -0.397 e. The molecule has 0 aliphatic carbocycles. The van der Waals surface area contributed by atoms with Gasteiger partial charge in [0.25, 0.3) is 10.0 Å². The maximum Gasteiger partial charge on any atom is 0.265 e. The van der Waals surface area contributed by atoms with Crippen molar-refractivity contribution in [3.8, 4) is 0 Å². The fourth-order valence-electron chi connectivity index (χ4n) is 1.54. The number of benzene rings is 2. The second kappa shape index (κ2) is 5.24. The van der Waals surface area contributed by atoms with Crippen LogP contribution < -0.4 is 10.5 Å². The zero-order valence-electron chi connectivity index (χ0n) is 10.2. The number of rotatable bonds is 3. The Labute approximate surface area is 117 Å². The van der Waals surface area contributed by atoms with Gasteiger partial charge in [-0.3, -0.25) is 4.72 Å². The van der Waals surface area contributed by atoms with E-state index in [0.717, 1.165) is 6.07 Å². The third-order valence-electron chi connectivity index (χ3n) is 2.55. The zero-order chi connectivity index (χ0) is 15.8. The van der Waals surface area contributed by atoms with Crippen molar-refractivity contribution in [1.82, 2.24) is 0 Å². The molecule has 0 spiro atoms. The van der Waals surface area contributed by atoms with Crippen LogP contribution in [0.5, 0.6) is 0 Å². The summed E-state index contributed by atoms with van der Waals surface area (Å²) in [6, 6.07) is 3.34. The van der Waals surface area contributed by atoms with Crippen LogP contribution in [0.3, 0.4) is 0 Å². The highest BCUT2D eigenvalue weighted by molar-refractivity contribution is 7.92. The molecule has 0 aliphatic heterocycles. The van der Waals surface area contributed by atoms with E-state index in [1.165, 1.54) is 0 Å². The fourth-order valence-corrected chi connectivity index (χ4v) is 2.72. The second-order valence-electron chi connectivity index (χ2n) is 4.01. The highest BCUT2D eigenvalue weighted by Gasteiger charge is 2.23. The van der Waals surface area contributed by atoms with Crippen molar-refractivity contribution >= 4 is 21.4 Å². The lowest BCUT2D eigenvalue weighted by molar-refractivity contribution is 0.512. The van der Waals surface area contributed by atoms with Crippen molar-refractivity contribution in [3.05, 3.63) is 53.6 Å². The highest BCUT2D eigenvalue weighted by Crippen LogP contribution is 2.28. The molecular weight excluding hydrogens is 312 g/mol. The molecule has 2 aromatic rings. The first-order valence-corrected chi connectivity index (χ1v) is 6.92. The molecule has 0 fully saturated rings. The van der Waals surface area contributed by atoms with Crippen LogP contribution in [-0.4, -0.2) is 8.42 Å². The number of nitrogen functional groups attached to an aromatic ring is 1. The quantitative estimate of drug-likeness (QED) is 0.674. The molecule has 0 bridgehead atoms. The first-order chi connectivity index (χ1) is 9.72. The lowest BCUT2D eigenvalue weighted by Gasteiger charge is -2.12. The van der Waals surface area contributed by atoms with E-state index in [1.807, 2.05) is 0 Å². The Morgan fingerprint density at radius 2 is 1.57 bits per heavy atom. The number of sulfonamides is 1. The minimum atomic E-state index is -4.68. The molecule has 21 heavy (non-hydrogen) atoms. The van der Waals surface area contributed by atoms with Crippen molar-refractivity contribution in [2.75, 3.05) is 10.5 Å². The van der Waals surface area contributed by atoms with E-state index >= 15 is 0 Å². The van der Waals surface area contributed by atoms with E-state index in [1.54, 1.807) is 4.72 Å². The summed E-state index contributed by atoms with van der Waals surface area (Å²) >= 11 is 0. The van der Waals surface area contributed by atoms with Gasteiger partial charge in [-0.25, -0.2) is 26.0 Å². The molecule has 0 aromatic heterocycles. The van der Waals surface area contributed by atoms with Gasteiger partial charge in [0, 0.05) is 0 Å². The largest absolute Gasteiger partial charge is 0.397 e. The lowest BCUT2D eigenvalue weighted by Crippen LogP contribution is -2.17. The highest BCUT2D eigenvalue weighted by atomic mass is 32.2. The van der Waals surface area contributed by atoms with Crippen LogP contribution in [0.15, 0.2) is 35.2 Å². The Hall–Kier alpha value is -2.29. The normalized spacial score (nSPS) is 11.4. The average Bonchev–Trinajstić information content (AvgIpc) is 2.42. The summed E-state index contributed by atoms with van der Waals surface area (Å²) < 4.78 is 78.6. The SMILES string of the molecule is Nc1ccc(F)c(F)c1NS(=O)(=O)c1cc(F)ccc1F. The van der Waals surface area contributed by atoms with Crippen LogP contribution in [0.1, 0.15) is 0 Å². The summed E-state index contributed by atoms with van der Waals surface area (Å²) in [6.07, 6.45) is 0. The number of hydrogen-bond donors (Lipinski definition) is 2. The van der Waals surface area contributed by atoms with Crippen LogP contribution in [0.2, 0.25) is 0 Å². The number of nitrogens with two attached hydrogens (primary N) is 1. The first-order valence-electron chi connectivity index (χ1n) is 5.43. The van der Waals surface area contributed by atoms with Crippen molar-refractivity contribution in [2.24, 2.45) is 0 Å². The summed E-state index contributed by atoms with van der Waals surface area (Å²) in [4.78, 5) is -1.05. The van der Waals surface area contributed by atoms with E-state index < -0.39 is 49.6 Å². The van der Waals surface area contributed by atoms with Gasteiger partial charge in [-0.05, 0) is 30.3 Å². The van der Waals surface area contributed by atoms with E-state index in [-0.39, 0.29) is 0 Å². The molecule has 0 aliphatic rings.